The Morgan fingerprint density at radius 1 is 0.969 bits per heavy atom. The Morgan fingerprint density at radius 2 is 1.81 bits per heavy atom. The Hall–Kier alpha value is -2.76. The van der Waals surface area contributed by atoms with Crippen molar-refractivity contribution in [2.45, 2.75) is 12.8 Å². The van der Waals surface area contributed by atoms with E-state index in [1.54, 1.807) is 0 Å². The van der Waals surface area contributed by atoms with E-state index in [1.807, 2.05) is 18.2 Å². The van der Waals surface area contributed by atoms with Crippen LogP contribution in [-0.2, 0) is 0 Å². The molecule has 1 saturated heterocycles. The van der Waals surface area contributed by atoms with Crippen LogP contribution in [0, 0.1) is 0 Å². The number of pyridine rings is 1. The van der Waals surface area contributed by atoms with Gasteiger partial charge in [0.1, 0.15) is 5.82 Å². The van der Waals surface area contributed by atoms with Gasteiger partial charge in [0.2, 0.25) is 5.88 Å². The number of unbranched alkanes of at least 4 members (excludes halogenated alkanes) is 1. The summed E-state index contributed by atoms with van der Waals surface area (Å²) in [6.07, 6.45) is 6.36. The molecule has 6 heteroatoms. The minimum absolute atomic E-state index is 0.703. The normalized spacial score (nSPS) is 16.1. The Kier molecular flexibility index (Phi) is 6.46. The number of anilines is 2. The van der Waals surface area contributed by atoms with Gasteiger partial charge in [-0.2, -0.15) is 4.98 Å². The molecule has 0 aliphatic carbocycles. The van der Waals surface area contributed by atoms with Gasteiger partial charge in [0.05, 0.1) is 11.6 Å². The molecule has 1 fully saturated rings. The van der Waals surface area contributed by atoms with Crippen molar-refractivity contribution < 1.29 is 4.74 Å². The smallest absolute Gasteiger partial charge is 0.215 e. The van der Waals surface area contributed by atoms with Gasteiger partial charge in [-0.15, -0.1) is 0 Å². The molecule has 0 bridgehead atoms. The van der Waals surface area contributed by atoms with E-state index in [2.05, 4.69) is 62.6 Å². The first kappa shape index (κ1) is 21.1. The van der Waals surface area contributed by atoms with Gasteiger partial charge < -0.3 is 15.0 Å². The molecule has 0 atom stereocenters. The van der Waals surface area contributed by atoms with Gasteiger partial charge in [-0.25, -0.2) is 0 Å². The van der Waals surface area contributed by atoms with E-state index in [4.69, 9.17) is 16.3 Å². The van der Waals surface area contributed by atoms with Crippen molar-refractivity contribution in [3.8, 4) is 5.88 Å². The van der Waals surface area contributed by atoms with Crippen LogP contribution in [0.5, 0.6) is 5.88 Å². The molecule has 0 radical (unpaired) electrons. The van der Waals surface area contributed by atoms with Crippen LogP contribution in [0.1, 0.15) is 18.4 Å². The first-order valence-corrected chi connectivity index (χ1v) is 11.8. The molecule has 2 aliphatic heterocycles. The Bertz CT molecular complexity index is 1100. The van der Waals surface area contributed by atoms with Gasteiger partial charge in [0.25, 0.3) is 0 Å². The summed E-state index contributed by atoms with van der Waals surface area (Å²) in [6.45, 7) is 6.85. The maximum atomic E-state index is 6.53. The second-order valence-electron chi connectivity index (χ2n) is 8.37. The topological polar surface area (TPSA) is 40.6 Å². The van der Waals surface area contributed by atoms with Gasteiger partial charge in [-0.05, 0) is 43.0 Å². The summed E-state index contributed by atoms with van der Waals surface area (Å²) in [6, 6.07) is 16.6. The molecule has 3 heterocycles. The lowest BCUT2D eigenvalue weighted by molar-refractivity contribution is 0.237. The average molecular weight is 449 g/mol. The van der Waals surface area contributed by atoms with Crippen LogP contribution >= 0.6 is 11.6 Å². The van der Waals surface area contributed by atoms with Crippen LogP contribution in [0.4, 0.5) is 11.5 Å². The van der Waals surface area contributed by atoms with Crippen molar-refractivity contribution in [1.82, 2.24) is 9.88 Å². The van der Waals surface area contributed by atoms with Crippen molar-refractivity contribution in [2.24, 2.45) is 0 Å². The first-order valence-electron chi connectivity index (χ1n) is 11.5. The summed E-state index contributed by atoms with van der Waals surface area (Å²) in [4.78, 5) is 9.58. The van der Waals surface area contributed by atoms with Gasteiger partial charge in [0.15, 0.2) is 0 Å². The van der Waals surface area contributed by atoms with Crippen molar-refractivity contribution in [3.63, 3.8) is 0 Å². The van der Waals surface area contributed by atoms with Gasteiger partial charge in [-0.1, -0.05) is 48.0 Å². The number of fused-ring (bicyclic) bond motifs is 2. The predicted octanol–water partition coefficient (Wildman–Crippen LogP) is 5.31. The van der Waals surface area contributed by atoms with E-state index in [-0.39, 0.29) is 0 Å². The highest BCUT2D eigenvalue weighted by Gasteiger charge is 2.19. The highest BCUT2D eigenvalue weighted by molar-refractivity contribution is 6.36. The summed E-state index contributed by atoms with van der Waals surface area (Å²) >= 11 is 6.53. The van der Waals surface area contributed by atoms with Gasteiger partial charge in [-0.3, -0.25) is 4.90 Å². The summed E-state index contributed by atoms with van der Waals surface area (Å²) in [5.74, 6) is 1.62. The number of aromatic nitrogens is 1. The minimum atomic E-state index is 0.703. The number of nitrogens with one attached hydrogen (secondary N) is 1. The Morgan fingerprint density at radius 3 is 2.69 bits per heavy atom. The second-order valence-corrected chi connectivity index (χ2v) is 8.78. The summed E-state index contributed by atoms with van der Waals surface area (Å²) < 4.78 is 5.87. The molecule has 0 saturated carbocycles. The molecule has 1 aromatic heterocycles. The fraction of sp³-hybridized carbons (Fsp3) is 0.346. The highest BCUT2D eigenvalue weighted by Crippen LogP contribution is 2.33. The maximum Gasteiger partial charge on any atom is 0.215 e. The van der Waals surface area contributed by atoms with E-state index < -0.39 is 0 Å². The van der Waals surface area contributed by atoms with Crippen molar-refractivity contribution >= 4 is 40.0 Å². The SMILES string of the molecule is Clc1cccc2cccc(N3CCN(CCCCOc4ccc5c(n4)NCC=C5)CC3)c12. The van der Waals surface area contributed by atoms with Crippen molar-refractivity contribution in [2.75, 3.05) is 56.1 Å². The largest absolute Gasteiger partial charge is 0.478 e. The number of hydrogen-bond donors (Lipinski definition) is 1. The number of benzene rings is 2. The second kappa shape index (κ2) is 9.80. The van der Waals surface area contributed by atoms with E-state index in [0.717, 1.165) is 68.5 Å². The number of piperazine rings is 1. The summed E-state index contributed by atoms with van der Waals surface area (Å²) in [7, 11) is 0. The third-order valence-corrected chi connectivity index (χ3v) is 6.56. The first-order chi connectivity index (χ1) is 15.8. The van der Waals surface area contributed by atoms with E-state index in [1.165, 1.54) is 16.5 Å². The lowest BCUT2D eigenvalue weighted by Gasteiger charge is -2.36. The third kappa shape index (κ3) is 4.69. The number of nitrogens with zero attached hydrogens (tertiary/aromatic N) is 3. The van der Waals surface area contributed by atoms with Gasteiger partial charge >= 0.3 is 0 Å². The van der Waals surface area contributed by atoms with Crippen molar-refractivity contribution in [3.05, 3.63) is 65.2 Å². The van der Waals surface area contributed by atoms with E-state index in [0.29, 0.717) is 12.5 Å². The standard InChI is InChI=1S/C26H29ClN4O/c27-22-9-3-6-20-7-4-10-23(25(20)22)31-17-15-30(16-18-31)14-1-2-19-32-24-12-11-21-8-5-13-28-26(21)29-24/h3-12H,1-2,13-19H2,(H,28,29). The molecule has 0 spiro atoms. The maximum absolute atomic E-state index is 6.53. The molecular formula is C26H29ClN4O. The zero-order chi connectivity index (χ0) is 21.8. The monoisotopic (exact) mass is 448 g/mol. The molecule has 1 N–H and O–H groups in total. The zero-order valence-corrected chi connectivity index (χ0v) is 19.0. The average Bonchev–Trinajstić information content (AvgIpc) is 2.84. The van der Waals surface area contributed by atoms with Crippen molar-refractivity contribution in [1.29, 1.82) is 0 Å². The third-order valence-electron chi connectivity index (χ3n) is 6.25. The van der Waals surface area contributed by atoms with Crippen LogP contribution in [0.3, 0.4) is 0 Å². The molecule has 5 nitrogen and oxygen atoms in total. The summed E-state index contributed by atoms with van der Waals surface area (Å²) in [5.41, 5.74) is 2.37. The van der Waals surface area contributed by atoms with Crippen LogP contribution < -0.4 is 15.0 Å². The van der Waals surface area contributed by atoms with Crippen LogP contribution in [-0.4, -0.2) is 55.8 Å². The molecular weight excluding hydrogens is 420 g/mol. The highest BCUT2D eigenvalue weighted by atomic mass is 35.5. The number of ether oxygens (including phenoxy) is 1. The Balaban J connectivity index is 1.06. The summed E-state index contributed by atoms with van der Waals surface area (Å²) in [5, 5.41) is 6.49. The van der Waals surface area contributed by atoms with Crippen LogP contribution in [0.15, 0.2) is 54.6 Å². The quantitative estimate of drug-likeness (QED) is 0.496. The van der Waals surface area contributed by atoms with Crippen LogP contribution in [0.2, 0.25) is 5.02 Å². The predicted molar refractivity (Wildman–Crippen MR) is 134 cm³/mol. The fourth-order valence-electron chi connectivity index (χ4n) is 4.52. The molecule has 166 valence electrons. The lowest BCUT2D eigenvalue weighted by atomic mass is 10.1. The number of rotatable bonds is 7. The minimum Gasteiger partial charge on any atom is -0.478 e. The molecule has 2 aromatic carbocycles. The molecule has 0 unspecified atom stereocenters. The zero-order valence-electron chi connectivity index (χ0n) is 18.3. The van der Waals surface area contributed by atoms with Gasteiger partial charge in [0, 0.05) is 55.4 Å². The van der Waals surface area contributed by atoms with Crippen LogP contribution in [0.25, 0.3) is 16.8 Å². The number of halogens is 1. The molecule has 2 aliphatic rings. The number of hydrogen-bond acceptors (Lipinski definition) is 5. The molecule has 0 amide bonds. The molecule has 5 rings (SSSR count). The Labute approximate surface area is 194 Å². The molecule has 32 heavy (non-hydrogen) atoms. The molecule has 3 aromatic rings. The fourth-order valence-corrected chi connectivity index (χ4v) is 4.79. The van der Waals surface area contributed by atoms with E-state index >= 15 is 0 Å². The lowest BCUT2D eigenvalue weighted by Crippen LogP contribution is -2.46. The van der Waals surface area contributed by atoms with E-state index in [9.17, 15) is 0 Å².